The van der Waals surface area contributed by atoms with Crippen LogP contribution < -0.4 is 0 Å². The molecule has 0 atom stereocenters. The van der Waals surface area contributed by atoms with Gasteiger partial charge in [0.2, 0.25) is 0 Å². The maximum absolute atomic E-state index is 11.8. The van der Waals surface area contributed by atoms with Gasteiger partial charge >= 0.3 is 85.1 Å². The van der Waals surface area contributed by atoms with Gasteiger partial charge in [0.1, 0.15) is 0 Å². The first kappa shape index (κ1) is 15.4. The summed E-state index contributed by atoms with van der Waals surface area (Å²) >= 11 is 7.49. The Balaban J connectivity index is 6.08. The summed E-state index contributed by atoms with van der Waals surface area (Å²) < 4.78 is 107. The number of hydrogen-bond acceptors (Lipinski definition) is 0. The van der Waals surface area contributed by atoms with E-state index in [4.69, 9.17) is 0 Å². The van der Waals surface area contributed by atoms with Crippen LogP contribution in [0, 0.1) is 0 Å². The van der Waals surface area contributed by atoms with Crippen molar-refractivity contribution in [3.05, 3.63) is 0 Å². The van der Waals surface area contributed by atoms with Gasteiger partial charge in [0.05, 0.1) is 0 Å². The Kier molecular flexibility index (Phi) is 3.28. The maximum atomic E-state index is 11.8. The van der Waals surface area contributed by atoms with E-state index < -0.39 is 23.1 Å². The van der Waals surface area contributed by atoms with Crippen molar-refractivity contribution in [2.24, 2.45) is 0 Å². The second-order valence-electron chi connectivity index (χ2n) is 2.31. The molecule has 0 saturated heterocycles. The van der Waals surface area contributed by atoms with Crippen molar-refractivity contribution in [1.29, 1.82) is 0 Å². The molecule has 0 amide bonds. The molecule has 0 fully saturated rings. The minimum atomic E-state index is -8.90. The fourth-order valence-electron chi connectivity index (χ4n) is 0.431. The van der Waals surface area contributed by atoms with E-state index in [2.05, 4.69) is 22.5 Å². The predicted molar refractivity (Wildman–Crippen MR) is 36.8 cm³/mol. The summed E-state index contributed by atoms with van der Waals surface area (Å²) in [7, 11) is 0. The molecule has 0 aromatic rings. The molecule has 0 N–H and O–H groups in total. The van der Waals surface area contributed by atoms with E-state index >= 15 is 0 Å². The van der Waals surface area contributed by atoms with Gasteiger partial charge in [-0.1, -0.05) is 0 Å². The van der Waals surface area contributed by atoms with Crippen LogP contribution in [0.4, 0.5) is 39.5 Å². The number of rotatable bonds is 0. The molecule has 94 valence electrons. The van der Waals surface area contributed by atoms with Crippen LogP contribution in [-0.4, -0.2) is 17.8 Å². The molecule has 0 aliphatic heterocycles. The molecular weight excluding hydrogens is 309 g/mol. The van der Waals surface area contributed by atoms with Crippen LogP contribution in [0.25, 0.3) is 0 Å². The van der Waals surface area contributed by atoms with E-state index in [1.807, 2.05) is 0 Å². The summed E-state index contributed by atoms with van der Waals surface area (Å²) in [5.74, 6) is -20.5. The zero-order valence-electron chi connectivity index (χ0n) is 6.10. The van der Waals surface area contributed by atoms with Crippen LogP contribution in [-0.2, 0) is 0 Å². The first-order chi connectivity index (χ1) is 6.07. The van der Waals surface area contributed by atoms with Gasteiger partial charge in [-0.05, 0) is 0 Å². The van der Waals surface area contributed by atoms with Gasteiger partial charge in [-0.3, -0.25) is 0 Å². The Bertz CT molecular complexity index is 215. The Hall–Kier alpha value is 0.380. The van der Waals surface area contributed by atoms with Gasteiger partial charge in [-0.15, -0.1) is 0 Å². The fraction of sp³-hybridized carbons (Fsp3) is 1.00. The average molecular weight is 309 g/mol. The Morgan fingerprint density at radius 3 is 0.667 bits per heavy atom. The first-order valence-corrected chi connectivity index (χ1v) is 6.76. The summed E-state index contributed by atoms with van der Waals surface area (Å²) in [5.41, 5.74) is 0. The molecule has 0 nitrogen and oxygen atoms in total. The number of halogens is 11. The van der Waals surface area contributed by atoms with Crippen LogP contribution in [0.5, 0.6) is 0 Å². The van der Waals surface area contributed by atoms with Crippen molar-refractivity contribution in [2.75, 3.05) is 0 Å². The number of alkyl halides is 9. The van der Waals surface area contributed by atoms with E-state index in [1.54, 1.807) is 0 Å². The molecule has 0 bridgehead atoms. The molecular formula is C3Cl2F9P. The SMILES string of the molecule is FC(F)(F)P(Cl)(Cl)(C(F)(F)F)C(F)(F)F. The van der Waals surface area contributed by atoms with Gasteiger partial charge in [0.15, 0.2) is 0 Å². The van der Waals surface area contributed by atoms with Crippen LogP contribution in [0.3, 0.4) is 0 Å². The van der Waals surface area contributed by atoms with Gasteiger partial charge in [-0.2, -0.15) is 0 Å². The molecule has 15 heavy (non-hydrogen) atoms. The third-order valence-electron chi connectivity index (χ3n) is 1.34. The topological polar surface area (TPSA) is 0 Å². The normalized spacial score (nSPS) is 18.5. The van der Waals surface area contributed by atoms with Gasteiger partial charge in [0, 0.05) is 0 Å². The van der Waals surface area contributed by atoms with Gasteiger partial charge in [-0.25, -0.2) is 0 Å². The minimum absolute atomic E-state index is 3.74. The average Bonchev–Trinajstić information content (AvgIpc) is 1.78. The second kappa shape index (κ2) is 3.20. The molecule has 0 unspecified atom stereocenters. The van der Waals surface area contributed by atoms with E-state index in [-0.39, 0.29) is 0 Å². The van der Waals surface area contributed by atoms with Crippen molar-refractivity contribution in [3.63, 3.8) is 0 Å². The van der Waals surface area contributed by atoms with Gasteiger partial charge in [0.25, 0.3) is 0 Å². The van der Waals surface area contributed by atoms with Crippen molar-refractivity contribution in [3.8, 4) is 0 Å². The molecule has 0 heterocycles. The molecule has 0 aromatic carbocycles. The monoisotopic (exact) mass is 308 g/mol. The number of hydrogen-bond donors (Lipinski definition) is 0. The molecule has 0 aromatic heterocycles. The van der Waals surface area contributed by atoms with E-state index in [0.29, 0.717) is 0 Å². The summed E-state index contributed by atoms with van der Waals surface area (Å²) in [6.07, 6.45) is 0. The van der Waals surface area contributed by atoms with E-state index in [9.17, 15) is 39.5 Å². The Morgan fingerprint density at radius 2 is 0.667 bits per heavy atom. The van der Waals surface area contributed by atoms with Crippen LogP contribution in [0.2, 0.25) is 0 Å². The first-order valence-electron chi connectivity index (χ1n) is 2.71. The standard InChI is InChI=1S/C3Cl2F9P/c4-15(5,1(6,7)8,2(9,10)11)3(12,13)14. The quantitative estimate of drug-likeness (QED) is 0.415. The second-order valence-corrected chi connectivity index (χ2v) is 10.2. The Morgan fingerprint density at radius 1 is 0.533 bits per heavy atom. The Labute approximate surface area is 85.8 Å². The predicted octanol–water partition coefficient (Wildman–Crippen LogP) is 5.41. The summed E-state index contributed by atoms with van der Waals surface area (Å²) in [6.45, 7) is 0. The zero-order chi connectivity index (χ0) is 12.9. The van der Waals surface area contributed by atoms with Gasteiger partial charge < -0.3 is 0 Å². The van der Waals surface area contributed by atoms with Crippen LogP contribution in [0.1, 0.15) is 0 Å². The summed E-state index contributed by atoms with van der Waals surface area (Å²) in [5, 5.41) is -8.90. The third-order valence-corrected chi connectivity index (χ3v) is 7.46. The summed E-state index contributed by atoms with van der Waals surface area (Å²) in [6, 6.07) is 0. The van der Waals surface area contributed by atoms with Crippen molar-refractivity contribution >= 4 is 27.8 Å². The molecule has 0 rings (SSSR count). The van der Waals surface area contributed by atoms with Crippen LogP contribution >= 0.6 is 27.8 Å². The molecule has 12 heteroatoms. The molecule has 0 radical (unpaired) electrons. The fourth-order valence-corrected chi connectivity index (χ4v) is 1.29. The third kappa shape index (κ3) is 1.67. The molecule has 0 saturated carbocycles. The zero-order valence-corrected chi connectivity index (χ0v) is 8.51. The van der Waals surface area contributed by atoms with Crippen molar-refractivity contribution in [1.82, 2.24) is 0 Å². The van der Waals surface area contributed by atoms with E-state index in [1.165, 1.54) is 0 Å². The van der Waals surface area contributed by atoms with Crippen LogP contribution in [0.15, 0.2) is 0 Å². The van der Waals surface area contributed by atoms with E-state index in [0.717, 1.165) is 0 Å². The molecule has 0 aliphatic carbocycles. The molecule has 0 spiro atoms. The molecule has 0 aliphatic rings. The van der Waals surface area contributed by atoms with Crippen molar-refractivity contribution < 1.29 is 39.5 Å². The van der Waals surface area contributed by atoms with Crippen molar-refractivity contribution in [2.45, 2.75) is 17.8 Å². The summed E-state index contributed by atoms with van der Waals surface area (Å²) in [4.78, 5) is 0.